The summed E-state index contributed by atoms with van der Waals surface area (Å²) < 4.78 is 24.2. The Bertz CT molecular complexity index is 1380. The molecule has 2 bridgehead atoms. The third-order valence-corrected chi connectivity index (χ3v) is 10.9. The van der Waals surface area contributed by atoms with Gasteiger partial charge < -0.3 is 28.6 Å². The van der Waals surface area contributed by atoms with Gasteiger partial charge in [-0.25, -0.2) is 9.59 Å². The van der Waals surface area contributed by atoms with Crippen molar-refractivity contribution in [3.05, 3.63) is 71.8 Å². The smallest absolute Gasteiger partial charge is 0.445 e. The number of hydrogen-bond acceptors (Lipinski definition) is 7. The second kappa shape index (κ2) is 14.7. The quantitative estimate of drug-likeness (QED) is 0.348. The van der Waals surface area contributed by atoms with E-state index in [4.69, 9.17) is 18.8 Å². The monoisotopic (exact) mass is 645 g/mol. The topological polar surface area (TPSA) is 97.9 Å². The van der Waals surface area contributed by atoms with Crippen LogP contribution in [0.2, 0.25) is 0 Å². The van der Waals surface area contributed by atoms with Crippen LogP contribution in [-0.4, -0.2) is 90.8 Å². The van der Waals surface area contributed by atoms with Crippen molar-refractivity contribution in [1.82, 2.24) is 14.7 Å². The lowest BCUT2D eigenvalue weighted by Gasteiger charge is -2.52. The highest BCUT2D eigenvalue weighted by atomic mass is 16.6. The summed E-state index contributed by atoms with van der Waals surface area (Å²) in [4.78, 5) is 45.6. The molecule has 0 radical (unpaired) electrons. The third-order valence-electron chi connectivity index (χ3n) is 10.9. The van der Waals surface area contributed by atoms with E-state index in [0.717, 1.165) is 36.8 Å². The van der Waals surface area contributed by atoms with E-state index in [9.17, 15) is 14.4 Å². The van der Waals surface area contributed by atoms with Crippen molar-refractivity contribution in [2.75, 3.05) is 32.8 Å². The van der Waals surface area contributed by atoms with Crippen LogP contribution in [-0.2, 0) is 36.8 Å². The van der Waals surface area contributed by atoms with Gasteiger partial charge in [-0.1, -0.05) is 74.5 Å². The second-order valence-corrected chi connectivity index (χ2v) is 14.2. The summed E-state index contributed by atoms with van der Waals surface area (Å²) in [6.45, 7) is 8.74. The summed E-state index contributed by atoms with van der Waals surface area (Å²) in [5.74, 6) is 0.703. The average molecular weight is 646 g/mol. The molecule has 0 spiro atoms. The second-order valence-electron chi connectivity index (χ2n) is 14.2. The van der Waals surface area contributed by atoms with Crippen LogP contribution in [0, 0.1) is 17.3 Å². The van der Waals surface area contributed by atoms with E-state index in [0.29, 0.717) is 38.0 Å². The lowest BCUT2D eigenvalue weighted by molar-refractivity contribution is -0.132. The van der Waals surface area contributed by atoms with Crippen molar-refractivity contribution in [2.45, 2.75) is 84.2 Å². The van der Waals surface area contributed by atoms with Crippen molar-refractivity contribution in [3.8, 4) is 0 Å². The molecule has 7 rings (SSSR count). The number of nitrogens with zero attached hydrogens (tertiary/aromatic N) is 3. The maximum atomic E-state index is 14.1. The first-order valence-electron chi connectivity index (χ1n) is 17.2. The number of rotatable bonds is 8. The Balaban J connectivity index is 1.12. The first-order chi connectivity index (χ1) is 22.7. The minimum Gasteiger partial charge on any atom is -0.445 e. The number of fused-ring (bicyclic) bond motifs is 5. The SMILES string of the molecule is C[C@H]1C[C@@H]2C[C@H](COB([C@@H]3CCCN3C(=O)CN(C(=O)OCc3ccccc3)[C@@H]3CCN(C(=O)OCc4ccccc4)C3)O1)C2(C)C. The molecule has 5 fully saturated rings. The molecule has 4 saturated heterocycles. The fourth-order valence-corrected chi connectivity index (χ4v) is 7.68. The zero-order valence-corrected chi connectivity index (χ0v) is 27.9. The molecule has 0 N–H and O–H groups in total. The summed E-state index contributed by atoms with van der Waals surface area (Å²) >= 11 is 0. The van der Waals surface area contributed by atoms with E-state index in [1.54, 1.807) is 4.90 Å². The molecular formula is C36H48BN3O7. The van der Waals surface area contributed by atoms with Crippen LogP contribution in [0.1, 0.15) is 64.0 Å². The summed E-state index contributed by atoms with van der Waals surface area (Å²) in [6, 6.07) is 18.6. The Labute approximate surface area is 278 Å². The molecule has 11 heteroatoms. The molecule has 1 saturated carbocycles. The molecule has 10 nitrogen and oxygen atoms in total. The Morgan fingerprint density at radius 3 is 2.28 bits per heavy atom. The molecule has 0 aromatic heterocycles. The minimum absolute atomic E-state index is 0.0245. The number of likely N-dealkylation sites (tertiary alicyclic amines) is 2. The van der Waals surface area contributed by atoms with Gasteiger partial charge in [-0.2, -0.15) is 0 Å². The maximum Gasteiger partial charge on any atom is 0.481 e. The zero-order chi connectivity index (χ0) is 33.0. The Morgan fingerprint density at radius 1 is 0.915 bits per heavy atom. The summed E-state index contributed by atoms with van der Waals surface area (Å²) in [7, 11) is -0.508. The number of carbonyl (C=O) groups is 3. The molecule has 4 aliphatic heterocycles. The van der Waals surface area contributed by atoms with Crippen LogP contribution in [0.3, 0.4) is 0 Å². The van der Waals surface area contributed by atoms with Crippen molar-refractivity contribution in [2.24, 2.45) is 17.3 Å². The highest BCUT2D eigenvalue weighted by Crippen LogP contribution is 2.54. The third kappa shape index (κ3) is 7.78. The van der Waals surface area contributed by atoms with E-state index in [-0.39, 0.29) is 55.7 Å². The number of hydrogen-bond donors (Lipinski definition) is 0. The molecule has 2 aromatic carbocycles. The van der Waals surface area contributed by atoms with Crippen LogP contribution < -0.4 is 0 Å². The number of amides is 3. The van der Waals surface area contributed by atoms with Gasteiger partial charge in [0.1, 0.15) is 19.8 Å². The molecule has 3 amide bonds. The van der Waals surface area contributed by atoms with Gasteiger partial charge >= 0.3 is 19.3 Å². The fraction of sp³-hybridized carbons (Fsp3) is 0.583. The molecule has 47 heavy (non-hydrogen) atoms. The van der Waals surface area contributed by atoms with Gasteiger partial charge in [0.25, 0.3) is 0 Å². The Kier molecular flexibility index (Phi) is 10.4. The molecular weight excluding hydrogens is 597 g/mol. The van der Waals surface area contributed by atoms with Crippen LogP contribution in [0.5, 0.6) is 0 Å². The van der Waals surface area contributed by atoms with Crippen molar-refractivity contribution in [1.29, 1.82) is 0 Å². The lowest BCUT2D eigenvalue weighted by Crippen LogP contribution is -2.54. The van der Waals surface area contributed by atoms with E-state index in [2.05, 4.69) is 20.8 Å². The van der Waals surface area contributed by atoms with Gasteiger partial charge in [-0.05, 0) is 67.4 Å². The van der Waals surface area contributed by atoms with E-state index < -0.39 is 19.3 Å². The highest BCUT2D eigenvalue weighted by molar-refractivity contribution is 6.47. The molecule has 0 unspecified atom stereocenters. The van der Waals surface area contributed by atoms with Crippen LogP contribution in [0.25, 0.3) is 0 Å². The zero-order valence-electron chi connectivity index (χ0n) is 27.9. The Morgan fingerprint density at radius 2 is 1.60 bits per heavy atom. The van der Waals surface area contributed by atoms with Gasteiger partial charge in [-0.3, -0.25) is 9.69 Å². The number of ether oxygens (including phenoxy) is 2. The summed E-state index contributed by atoms with van der Waals surface area (Å²) in [5.41, 5.74) is 1.98. The lowest BCUT2D eigenvalue weighted by atomic mass is 9.54. The van der Waals surface area contributed by atoms with Crippen LogP contribution in [0.15, 0.2) is 60.7 Å². The molecule has 5 atom stereocenters. The maximum absolute atomic E-state index is 14.1. The number of carbonyl (C=O) groups excluding carboxylic acids is 3. The van der Waals surface area contributed by atoms with E-state index in [1.807, 2.05) is 65.6 Å². The molecule has 4 heterocycles. The minimum atomic E-state index is -0.576. The van der Waals surface area contributed by atoms with E-state index in [1.165, 1.54) is 4.90 Å². The van der Waals surface area contributed by atoms with Gasteiger partial charge in [0.05, 0.1) is 12.0 Å². The van der Waals surface area contributed by atoms with Gasteiger partial charge in [0, 0.05) is 32.3 Å². The molecule has 252 valence electrons. The molecule has 5 aliphatic rings. The van der Waals surface area contributed by atoms with E-state index >= 15 is 0 Å². The Hall–Kier alpha value is -3.57. The first kappa shape index (κ1) is 33.3. The predicted molar refractivity (Wildman–Crippen MR) is 177 cm³/mol. The van der Waals surface area contributed by atoms with Crippen LogP contribution >= 0.6 is 0 Å². The largest absolute Gasteiger partial charge is 0.481 e. The van der Waals surface area contributed by atoms with Gasteiger partial charge in [-0.15, -0.1) is 0 Å². The van der Waals surface area contributed by atoms with Gasteiger partial charge in [0.15, 0.2) is 0 Å². The molecule has 2 aromatic rings. The van der Waals surface area contributed by atoms with Crippen molar-refractivity contribution >= 4 is 25.2 Å². The standard InChI is InChI=1S/C36H48BN3O7/c1-26-19-29-20-30(36(29,2)3)25-46-37(47-26)32-15-10-17-39(32)33(41)22-40(35(43)45-24-28-13-8-5-9-14-28)31-16-18-38(21-31)34(42)44-23-27-11-6-4-7-12-27/h4-9,11-14,26,29-32H,10,15-25H2,1-3H3/t26-,29+,30+,31+,32-/m0/s1. The summed E-state index contributed by atoms with van der Waals surface area (Å²) in [6.07, 6.45) is 3.28. The van der Waals surface area contributed by atoms with Crippen molar-refractivity contribution < 1.29 is 33.2 Å². The van der Waals surface area contributed by atoms with Crippen LogP contribution in [0.4, 0.5) is 9.59 Å². The normalized spacial score (nSPS) is 26.9. The fourth-order valence-electron chi connectivity index (χ4n) is 7.68. The van der Waals surface area contributed by atoms with Gasteiger partial charge in [0.2, 0.25) is 5.91 Å². The van der Waals surface area contributed by atoms with Crippen molar-refractivity contribution in [3.63, 3.8) is 0 Å². The predicted octanol–water partition coefficient (Wildman–Crippen LogP) is 5.54. The average Bonchev–Trinajstić information content (AvgIpc) is 3.79. The molecule has 1 aliphatic carbocycles. The highest BCUT2D eigenvalue weighted by Gasteiger charge is 2.51. The first-order valence-corrected chi connectivity index (χ1v) is 17.2. The number of benzene rings is 2. The summed E-state index contributed by atoms with van der Waals surface area (Å²) in [5, 5.41) is 0.